The minimum Gasteiger partial charge on any atom is -0.307 e. The molecule has 4 nitrogen and oxygen atoms in total. The monoisotopic (exact) mass is 948 g/mol. The summed E-state index contributed by atoms with van der Waals surface area (Å²) in [4.78, 5) is 33.9. The number of carbonyl (C=O) groups is 2. The van der Waals surface area contributed by atoms with Crippen LogP contribution in [0.5, 0.6) is 0 Å². The van der Waals surface area contributed by atoms with Crippen LogP contribution >= 0.6 is 45.2 Å². The van der Waals surface area contributed by atoms with Crippen molar-refractivity contribution in [2.75, 3.05) is 22.9 Å². The van der Waals surface area contributed by atoms with E-state index >= 15 is 0 Å². The molecule has 2 aliphatic rings. The fraction of sp³-hybridized carbons (Fsp3) is 0.660. The summed E-state index contributed by atoms with van der Waals surface area (Å²) < 4.78 is 2.25. The van der Waals surface area contributed by atoms with E-state index in [4.69, 9.17) is 0 Å². The molecule has 0 saturated carbocycles. The molecule has 0 aromatic heterocycles. The molecule has 6 heteroatoms. The fourth-order valence-corrected chi connectivity index (χ4v) is 9.53. The summed E-state index contributed by atoms with van der Waals surface area (Å²) in [6.45, 7) is 10.6. The maximum absolute atomic E-state index is 14.9. The SMILES string of the molecule is CCCCCCCCC(CCCCCC)CN1C(=O)C(=C2C(=O)N(CC(CCCCCC)CCCCCCC)c3cc(I)ccc32)c2ccc(I)cc21. The molecule has 2 aliphatic heterocycles. The number of rotatable bonds is 27. The topological polar surface area (TPSA) is 40.6 Å². The largest absolute Gasteiger partial charge is 0.307 e. The summed E-state index contributed by atoms with van der Waals surface area (Å²) in [5.74, 6) is 0.967. The molecule has 0 fully saturated rings. The summed E-state index contributed by atoms with van der Waals surface area (Å²) >= 11 is 4.75. The quantitative estimate of drug-likeness (QED) is 0.0509. The van der Waals surface area contributed by atoms with Crippen LogP contribution in [0.25, 0.3) is 11.1 Å². The Morgan fingerprint density at radius 3 is 1.09 bits per heavy atom. The number of amides is 2. The number of unbranched alkanes of at least 4 members (excludes halogenated alkanes) is 15. The third kappa shape index (κ3) is 13.1. The van der Waals surface area contributed by atoms with Crippen molar-refractivity contribution in [2.24, 2.45) is 11.8 Å². The first-order valence-electron chi connectivity index (χ1n) is 21.8. The standard InChI is InChI=1S/C47H70I2N2O2/c1-5-9-13-17-19-23-27-37(25-21-16-12-8-4)35-51-43-33-39(49)29-31-41(43)45(47(51)53)44-40-30-28-38(48)32-42(40)50(46(44)52)34-36(24-20-15-11-7-3)26-22-18-14-10-6-2/h28-33,36-37H,5-27,34-35H2,1-4H3. The van der Waals surface area contributed by atoms with Gasteiger partial charge < -0.3 is 9.80 Å². The van der Waals surface area contributed by atoms with Crippen LogP contribution < -0.4 is 9.80 Å². The molecule has 2 unspecified atom stereocenters. The van der Waals surface area contributed by atoms with Gasteiger partial charge in [-0.1, -0.05) is 162 Å². The van der Waals surface area contributed by atoms with Crippen LogP contribution in [0, 0.1) is 19.0 Å². The normalized spacial score (nSPS) is 16.5. The summed E-state index contributed by atoms with van der Waals surface area (Å²) in [5, 5.41) is 0. The summed E-state index contributed by atoms with van der Waals surface area (Å²) in [6.07, 6.45) is 28.8. The second-order valence-electron chi connectivity index (χ2n) is 16.1. The lowest BCUT2D eigenvalue weighted by Crippen LogP contribution is -2.34. The Hall–Kier alpha value is -1.42. The molecule has 0 N–H and O–H groups in total. The van der Waals surface area contributed by atoms with Gasteiger partial charge in [-0.15, -0.1) is 0 Å². The van der Waals surface area contributed by atoms with Crippen molar-refractivity contribution in [1.82, 2.24) is 0 Å². The van der Waals surface area contributed by atoms with Crippen LogP contribution in [0.15, 0.2) is 36.4 Å². The van der Waals surface area contributed by atoms with Gasteiger partial charge in [-0.2, -0.15) is 0 Å². The number of benzene rings is 2. The summed E-state index contributed by atoms with van der Waals surface area (Å²) in [6, 6.07) is 12.8. The van der Waals surface area contributed by atoms with Gasteiger partial charge >= 0.3 is 0 Å². The number of hydrogen-bond acceptors (Lipinski definition) is 2. The van der Waals surface area contributed by atoms with Gasteiger partial charge in [-0.05, 0) is 107 Å². The van der Waals surface area contributed by atoms with Crippen molar-refractivity contribution < 1.29 is 9.59 Å². The zero-order valence-electron chi connectivity index (χ0n) is 33.8. The molecular formula is C47H70I2N2O2. The molecule has 294 valence electrons. The van der Waals surface area contributed by atoms with Crippen LogP contribution in [0.3, 0.4) is 0 Å². The Kier molecular flexibility index (Phi) is 20.3. The van der Waals surface area contributed by atoms with Crippen molar-refractivity contribution in [1.29, 1.82) is 0 Å². The zero-order valence-corrected chi connectivity index (χ0v) is 38.1. The van der Waals surface area contributed by atoms with Crippen molar-refractivity contribution >= 4 is 79.5 Å². The highest BCUT2D eigenvalue weighted by atomic mass is 127. The van der Waals surface area contributed by atoms with Gasteiger partial charge in [0, 0.05) is 31.4 Å². The lowest BCUT2D eigenvalue weighted by atomic mass is 9.93. The molecular weight excluding hydrogens is 878 g/mol. The fourth-order valence-electron chi connectivity index (χ4n) is 8.58. The number of carbonyl (C=O) groups excluding carboxylic acids is 2. The van der Waals surface area contributed by atoms with Crippen molar-refractivity contribution in [2.45, 2.75) is 175 Å². The molecule has 2 aromatic rings. The zero-order chi connectivity index (χ0) is 38.0. The van der Waals surface area contributed by atoms with Gasteiger partial charge in [0.2, 0.25) is 0 Å². The first kappa shape index (κ1) is 44.3. The minimum atomic E-state index is 0.0180. The van der Waals surface area contributed by atoms with E-state index < -0.39 is 0 Å². The Bertz CT molecular complexity index is 1470. The van der Waals surface area contributed by atoms with Gasteiger partial charge in [0.1, 0.15) is 0 Å². The first-order valence-corrected chi connectivity index (χ1v) is 24.0. The highest BCUT2D eigenvalue weighted by Gasteiger charge is 2.43. The van der Waals surface area contributed by atoms with E-state index in [1.54, 1.807) is 0 Å². The van der Waals surface area contributed by atoms with E-state index in [2.05, 4.69) is 119 Å². The van der Waals surface area contributed by atoms with Crippen LogP contribution in [0.4, 0.5) is 11.4 Å². The number of nitrogens with zero attached hydrogens (tertiary/aromatic N) is 2. The molecule has 53 heavy (non-hydrogen) atoms. The molecule has 0 aliphatic carbocycles. The maximum Gasteiger partial charge on any atom is 0.259 e. The van der Waals surface area contributed by atoms with Gasteiger partial charge in [0.05, 0.1) is 22.5 Å². The van der Waals surface area contributed by atoms with E-state index in [0.717, 1.165) is 62.0 Å². The first-order chi connectivity index (χ1) is 25.8. The number of hydrogen-bond donors (Lipinski definition) is 0. The maximum atomic E-state index is 14.9. The number of fused-ring (bicyclic) bond motifs is 2. The van der Waals surface area contributed by atoms with Gasteiger partial charge in [0.15, 0.2) is 0 Å². The predicted molar refractivity (Wildman–Crippen MR) is 246 cm³/mol. The second-order valence-corrected chi connectivity index (χ2v) is 18.6. The Labute approximate surface area is 351 Å². The number of anilines is 2. The average Bonchev–Trinajstić information content (AvgIpc) is 3.56. The van der Waals surface area contributed by atoms with Crippen LogP contribution in [0.2, 0.25) is 0 Å². The highest BCUT2D eigenvalue weighted by Crippen LogP contribution is 2.48. The minimum absolute atomic E-state index is 0.0180. The summed E-state index contributed by atoms with van der Waals surface area (Å²) in [5.41, 5.74) is 5.08. The van der Waals surface area contributed by atoms with Crippen LogP contribution in [-0.2, 0) is 9.59 Å². The number of halogens is 2. The third-order valence-electron chi connectivity index (χ3n) is 11.7. The van der Waals surface area contributed by atoms with Gasteiger partial charge in [-0.3, -0.25) is 9.59 Å². The highest BCUT2D eigenvalue weighted by molar-refractivity contribution is 14.1. The van der Waals surface area contributed by atoms with Gasteiger partial charge in [0.25, 0.3) is 11.8 Å². The van der Waals surface area contributed by atoms with Crippen molar-refractivity contribution in [3.05, 3.63) is 54.7 Å². The van der Waals surface area contributed by atoms with Crippen LogP contribution in [0.1, 0.15) is 187 Å². The lowest BCUT2D eigenvalue weighted by molar-refractivity contribution is -0.114. The van der Waals surface area contributed by atoms with E-state index in [-0.39, 0.29) is 11.8 Å². The van der Waals surface area contributed by atoms with Gasteiger partial charge in [-0.25, -0.2) is 0 Å². The lowest BCUT2D eigenvalue weighted by Gasteiger charge is -2.25. The smallest absolute Gasteiger partial charge is 0.259 e. The predicted octanol–water partition coefficient (Wildman–Crippen LogP) is 14.8. The van der Waals surface area contributed by atoms with Crippen molar-refractivity contribution in [3.8, 4) is 0 Å². The Balaban J connectivity index is 1.65. The van der Waals surface area contributed by atoms with E-state index in [1.807, 2.05) is 0 Å². The molecule has 0 bridgehead atoms. The molecule has 2 heterocycles. The van der Waals surface area contributed by atoms with E-state index in [0.29, 0.717) is 23.0 Å². The molecule has 0 radical (unpaired) electrons. The molecule has 0 saturated heterocycles. The molecule has 2 amide bonds. The third-order valence-corrected chi connectivity index (χ3v) is 13.0. The second kappa shape index (κ2) is 24.3. The molecule has 2 aromatic carbocycles. The molecule has 0 spiro atoms. The molecule has 2 atom stereocenters. The molecule has 4 rings (SSSR count). The van der Waals surface area contributed by atoms with E-state index in [9.17, 15) is 9.59 Å². The van der Waals surface area contributed by atoms with Crippen LogP contribution in [-0.4, -0.2) is 24.9 Å². The Morgan fingerprint density at radius 1 is 0.453 bits per heavy atom. The van der Waals surface area contributed by atoms with Crippen molar-refractivity contribution in [3.63, 3.8) is 0 Å². The average molecular weight is 949 g/mol. The Morgan fingerprint density at radius 2 is 0.755 bits per heavy atom. The summed E-state index contributed by atoms with van der Waals surface area (Å²) in [7, 11) is 0. The van der Waals surface area contributed by atoms with E-state index in [1.165, 1.54) is 128 Å².